The molecule has 82 valence electrons. The summed E-state index contributed by atoms with van der Waals surface area (Å²) in [5.74, 6) is -0.469. The van der Waals surface area contributed by atoms with Gasteiger partial charge in [0.15, 0.2) is 5.79 Å². The van der Waals surface area contributed by atoms with Crippen molar-refractivity contribution in [3.05, 3.63) is 33.4 Å². The fourth-order valence-corrected chi connectivity index (χ4v) is 2.66. The van der Waals surface area contributed by atoms with Gasteiger partial charge in [0.05, 0.1) is 6.10 Å². The van der Waals surface area contributed by atoms with E-state index in [1.165, 1.54) is 9.13 Å². The van der Waals surface area contributed by atoms with Gasteiger partial charge in [0.25, 0.3) is 0 Å². The van der Waals surface area contributed by atoms with Crippen LogP contribution in [0.3, 0.4) is 0 Å². The van der Waals surface area contributed by atoms with Crippen LogP contribution in [0.5, 0.6) is 0 Å². The quantitative estimate of drug-likeness (QED) is 0.738. The summed E-state index contributed by atoms with van der Waals surface area (Å²) in [6, 6.07) is 8.28. The molecule has 0 aromatic heterocycles. The maximum absolute atomic E-state index is 5.90. The van der Waals surface area contributed by atoms with Crippen molar-refractivity contribution in [1.29, 1.82) is 0 Å². The fraction of sp³-hybridized carbons (Fsp3) is 0.500. The van der Waals surface area contributed by atoms with E-state index in [0.717, 1.165) is 0 Å². The van der Waals surface area contributed by atoms with Crippen LogP contribution < -0.4 is 0 Å². The Morgan fingerprint density at radius 1 is 1.20 bits per heavy atom. The second-order valence-electron chi connectivity index (χ2n) is 4.28. The maximum atomic E-state index is 5.90. The zero-order valence-electron chi connectivity index (χ0n) is 9.16. The number of benzene rings is 1. The summed E-state index contributed by atoms with van der Waals surface area (Å²) >= 11 is 2.34. The highest BCUT2D eigenvalue weighted by molar-refractivity contribution is 14.1. The molecule has 2 nitrogen and oxygen atoms in total. The van der Waals surface area contributed by atoms with Gasteiger partial charge in [0, 0.05) is 3.57 Å². The van der Waals surface area contributed by atoms with Crippen LogP contribution in [0.1, 0.15) is 32.4 Å². The normalized spacial score (nSPS) is 29.3. The molecule has 1 fully saturated rings. The molecule has 2 atom stereocenters. The van der Waals surface area contributed by atoms with Gasteiger partial charge in [-0.2, -0.15) is 0 Å². The predicted octanol–water partition coefficient (Wildman–Crippen LogP) is 3.50. The Kier molecular flexibility index (Phi) is 3.05. The monoisotopic (exact) mass is 318 g/mol. The SMILES string of the molecule is C[C@H]1OC(C)(C)O[C@@H]1c1ccccc1I. The van der Waals surface area contributed by atoms with Gasteiger partial charge in [-0.05, 0) is 55.0 Å². The zero-order valence-corrected chi connectivity index (χ0v) is 11.3. The molecule has 15 heavy (non-hydrogen) atoms. The molecule has 0 saturated carbocycles. The molecule has 2 rings (SSSR count). The minimum atomic E-state index is -0.469. The summed E-state index contributed by atoms with van der Waals surface area (Å²) in [5.41, 5.74) is 1.22. The minimum Gasteiger partial charge on any atom is -0.344 e. The Balaban J connectivity index is 2.29. The lowest BCUT2D eigenvalue weighted by molar-refractivity contribution is -0.145. The molecule has 1 aliphatic rings. The molecule has 3 heteroatoms. The van der Waals surface area contributed by atoms with E-state index in [1.807, 2.05) is 26.0 Å². The fourth-order valence-electron chi connectivity index (χ4n) is 1.96. The van der Waals surface area contributed by atoms with Crippen LogP contribution in [0.25, 0.3) is 0 Å². The first-order valence-electron chi connectivity index (χ1n) is 5.10. The second kappa shape index (κ2) is 4.03. The first kappa shape index (κ1) is 11.4. The molecular weight excluding hydrogens is 303 g/mol. The molecule has 0 N–H and O–H groups in total. The van der Waals surface area contributed by atoms with Crippen molar-refractivity contribution < 1.29 is 9.47 Å². The predicted molar refractivity (Wildman–Crippen MR) is 67.6 cm³/mol. The van der Waals surface area contributed by atoms with Crippen molar-refractivity contribution in [3.8, 4) is 0 Å². The van der Waals surface area contributed by atoms with Crippen LogP contribution in [-0.2, 0) is 9.47 Å². The first-order chi connectivity index (χ1) is 6.99. The summed E-state index contributed by atoms with van der Waals surface area (Å²) in [7, 11) is 0. The van der Waals surface area contributed by atoms with E-state index in [2.05, 4.69) is 41.6 Å². The summed E-state index contributed by atoms with van der Waals surface area (Å²) in [5, 5.41) is 0. The largest absolute Gasteiger partial charge is 0.344 e. The number of halogens is 1. The lowest BCUT2D eigenvalue weighted by atomic mass is 10.1. The van der Waals surface area contributed by atoms with Crippen molar-refractivity contribution in [3.63, 3.8) is 0 Å². The first-order valence-corrected chi connectivity index (χ1v) is 6.17. The standard InChI is InChI=1S/C12H15IO2/c1-8-11(15-12(2,3)14-8)9-6-4-5-7-10(9)13/h4-8,11H,1-3H3/t8-,11+/m1/s1. The van der Waals surface area contributed by atoms with Crippen molar-refractivity contribution >= 4 is 22.6 Å². The molecule has 1 saturated heterocycles. The van der Waals surface area contributed by atoms with Gasteiger partial charge >= 0.3 is 0 Å². The van der Waals surface area contributed by atoms with E-state index in [1.54, 1.807) is 0 Å². The third-order valence-electron chi connectivity index (χ3n) is 2.52. The van der Waals surface area contributed by atoms with Crippen molar-refractivity contribution in [2.75, 3.05) is 0 Å². The summed E-state index contributed by atoms with van der Waals surface area (Å²) in [6.07, 6.45) is 0.156. The van der Waals surface area contributed by atoms with Crippen molar-refractivity contribution in [1.82, 2.24) is 0 Å². The van der Waals surface area contributed by atoms with Crippen LogP contribution in [0, 0.1) is 3.57 Å². The van der Waals surface area contributed by atoms with Crippen LogP contribution >= 0.6 is 22.6 Å². The van der Waals surface area contributed by atoms with Crippen LogP contribution in [0.4, 0.5) is 0 Å². The van der Waals surface area contributed by atoms with Gasteiger partial charge in [-0.15, -0.1) is 0 Å². The van der Waals surface area contributed by atoms with Gasteiger partial charge in [0.1, 0.15) is 6.10 Å². The number of ether oxygens (including phenoxy) is 2. The minimum absolute atomic E-state index is 0.0492. The van der Waals surface area contributed by atoms with Crippen molar-refractivity contribution in [2.45, 2.75) is 38.8 Å². The molecule has 0 radical (unpaired) electrons. The van der Waals surface area contributed by atoms with Crippen LogP contribution in [0.15, 0.2) is 24.3 Å². The second-order valence-corrected chi connectivity index (χ2v) is 5.44. The Labute approximate surface area is 104 Å². The molecule has 0 unspecified atom stereocenters. The molecule has 1 aromatic rings. The average Bonchev–Trinajstić information content (AvgIpc) is 2.40. The third kappa shape index (κ3) is 2.34. The highest BCUT2D eigenvalue weighted by atomic mass is 127. The van der Waals surface area contributed by atoms with Gasteiger partial charge < -0.3 is 9.47 Å². The summed E-state index contributed by atoms with van der Waals surface area (Å²) in [4.78, 5) is 0. The molecule has 1 aliphatic heterocycles. The molecule has 0 amide bonds. The summed E-state index contributed by atoms with van der Waals surface area (Å²) < 4.78 is 12.9. The zero-order chi connectivity index (χ0) is 11.1. The topological polar surface area (TPSA) is 18.5 Å². The van der Waals surface area contributed by atoms with Gasteiger partial charge in [-0.1, -0.05) is 18.2 Å². The molecule has 1 aromatic carbocycles. The number of rotatable bonds is 1. The van der Waals surface area contributed by atoms with Crippen LogP contribution in [0.2, 0.25) is 0 Å². The lowest BCUT2D eigenvalue weighted by Gasteiger charge is -2.17. The molecule has 1 heterocycles. The van der Waals surface area contributed by atoms with E-state index < -0.39 is 5.79 Å². The van der Waals surface area contributed by atoms with Gasteiger partial charge in [-0.3, -0.25) is 0 Å². The number of hydrogen-bond donors (Lipinski definition) is 0. The van der Waals surface area contributed by atoms with Crippen LogP contribution in [-0.4, -0.2) is 11.9 Å². The Bertz CT molecular complexity index is 362. The van der Waals surface area contributed by atoms with Crippen molar-refractivity contribution in [2.24, 2.45) is 0 Å². The lowest BCUT2D eigenvalue weighted by Crippen LogP contribution is -2.20. The Morgan fingerprint density at radius 3 is 2.40 bits per heavy atom. The van der Waals surface area contributed by atoms with E-state index in [-0.39, 0.29) is 12.2 Å². The van der Waals surface area contributed by atoms with E-state index in [9.17, 15) is 0 Å². The number of hydrogen-bond acceptors (Lipinski definition) is 2. The molecule has 0 spiro atoms. The van der Waals surface area contributed by atoms with Gasteiger partial charge in [-0.25, -0.2) is 0 Å². The maximum Gasteiger partial charge on any atom is 0.164 e. The average molecular weight is 318 g/mol. The smallest absolute Gasteiger partial charge is 0.164 e. The highest BCUT2D eigenvalue weighted by Crippen LogP contribution is 2.39. The van der Waals surface area contributed by atoms with E-state index in [4.69, 9.17) is 9.47 Å². The van der Waals surface area contributed by atoms with E-state index in [0.29, 0.717) is 0 Å². The molecular formula is C12H15IO2. The Morgan fingerprint density at radius 2 is 1.87 bits per heavy atom. The summed E-state index contributed by atoms with van der Waals surface area (Å²) in [6.45, 7) is 5.97. The molecule has 0 bridgehead atoms. The Hall–Kier alpha value is -0.130. The highest BCUT2D eigenvalue weighted by Gasteiger charge is 2.39. The third-order valence-corrected chi connectivity index (χ3v) is 3.50. The molecule has 0 aliphatic carbocycles. The van der Waals surface area contributed by atoms with E-state index >= 15 is 0 Å². The van der Waals surface area contributed by atoms with Gasteiger partial charge in [0.2, 0.25) is 0 Å².